The molecule has 0 spiro atoms. The Morgan fingerprint density at radius 3 is 2.45 bits per heavy atom. The molecule has 0 radical (unpaired) electrons. The Bertz CT molecular complexity index is 608. The second-order valence-corrected chi connectivity index (χ2v) is 5.24. The summed E-state index contributed by atoms with van der Waals surface area (Å²) >= 11 is 0. The number of ketones is 1. The van der Waals surface area contributed by atoms with Crippen LogP contribution in [0.25, 0.3) is 0 Å². The smallest absolute Gasteiger partial charge is 0.311 e. The van der Waals surface area contributed by atoms with Crippen molar-refractivity contribution < 1.29 is 19.6 Å². The van der Waals surface area contributed by atoms with Crippen LogP contribution in [-0.4, -0.2) is 59.9 Å². The number of nitrogens with zero attached hydrogens (tertiary/aromatic N) is 3. The van der Waals surface area contributed by atoms with Crippen LogP contribution in [0.3, 0.4) is 0 Å². The van der Waals surface area contributed by atoms with E-state index in [1.807, 2.05) is 11.9 Å². The predicted octanol–water partition coefficient (Wildman–Crippen LogP) is 1.00. The van der Waals surface area contributed by atoms with Crippen molar-refractivity contribution in [2.24, 2.45) is 0 Å². The SMILES string of the molecule is CN1CCN(c2ccc(C(=O)CC(=O)O)cc2[N+](=O)[O-])CC1. The van der Waals surface area contributed by atoms with Gasteiger partial charge in [-0.05, 0) is 19.2 Å². The minimum atomic E-state index is -1.25. The molecule has 1 saturated heterocycles. The van der Waals surface area contributed by atoms with Gasteiger partial charge in [-0.15, -0.1) is 0 Å². The topological polar surface area (TPSA) is 104 Å². The van der Waals surface area contributed by atoms with Crippen molar-refractivity contribution in [1.29, 1.82) is 0 Å². The molecule has 0 aliphatic carbocycles. The number of nitro benzene ring substituents is 1. The Hall–Kier alpha value is -2.48. The molecule has 0 bridgehead atoms. The zero-order valence-corrected chi connectivity index (χ0v) is 12.2. The number of carbonyl (C=O) groups is 2. The third-order valence-corrected chi connectivity index (χ3v) is 3.65. The van der Waals surface area contributed by atoms with Gasteiger partial charge in [-0.1, -0.05) is 0 Å². The average Bonchev–Trinajstić information content (AvgIpc) is 2.46. The van der Waals surface area contributed by atoms with E-state index in [1.165, 1.54) is 18.2 Å². The molecule has 1 aromatic carbocycles. The summed E-state index contributed by atoms with van der Waals surface area (Å²) in [6.45, 7) is 2.94. The third-order valence-electron chi connectivity index (χ3n) is 3.65. The molecule has 0 aromatic heterocycles. The number of piperazine rings is 1. The highest BCUT2D eigenvalue weighted by Gasteiger charge is 2.24. The second kappa shape index (κ2) is 6.52. The average molecular weight is 307 g/mol. The number of nitro groups is 1. The molecule has 1 heterocycles. The molecule has 0 atom stereocenters. The van der Waals surface area contributed by atoms with E-state index in [2.05, 4.69) is 4.90 Å². The van der Waals surface area contributed by atoms with E-state index in [0.29, 0.717) is 18.8 Å². The number of carbonyl (C=O) groups excluding carboxylic acids is 1. The van der Waals surface area contributed by atoms with Gasteiger partial charge in [-0.25, -0.2) is 0 Å². The lowest BCUT2D eigenvalue weighted by Gasteiger charge is -2.33. The Morgan fingerprint density at radius 2 is 1.91 bits per heavy atom. The van der Waals surface area contributed by atoms with Gasteiger partial charge >= 0.3 is 5.97 Å². The lowest BCUT2D eigenvalue weighted by atomic mass is 10.1. The zero-order chi connectivity index (χ0) is 16.3. The first-order valence-corrected chi connectivity index (χ1v) is 6.85. The molecule has 1 N–H and O–H groups in total. The van der Waals surface area contributed by atoms with Crippen molar-refractivity contribution in [2.45, 2.75) is 6.42 Å². The second-order valence-electron chi connectivity index (χ2n) is 5.24. The standard InChI is InChI=1S/C14H17N3O5/c1-15-4-6-16(7-5-15)11-3-2-10(8-12(11)17(21)22)13(18)9-14(19)20/h2-3,8H,4-7,9H2,1H3,(H,19,20). The van der Waals surface area contributed by atoms with E-state index in [1.54, 1.807) is 0 Å². The van der Waals surface area contributed by atoms with Gasteiger partial charge in [-0.3, -0.25) is 19.7 Å². The fourth-order valence-corrected chi connectivity index (χ4v) is 2.40. The van der Waals surface area contributed by atoms with Crippen LogP contribution in [0.2, 0.25) is 0 Å². The summed E-state index contributed by atoms with van der Waals surface area (Å²) in [6.07, 6.45) is -0.676. The van der Waals surface area contributed by atoms with Gasteiger partial charge in [-0.2, -0.15) is 0 Å². The fraction of sp³-hybridized carbons (Fsp3) is 0.429. The van der Waals surface area contributed by atoms with E-state index in [9.17, 15) is 19.7 Å². The minimum absolute atomic E-state index is 0.0481. The number of aliphatic carboxylic acids is 1. The van der Waals surface area contributed by atoms with Crippen molar-refractivity contribution in [3.05, 3.63) is 33.9 Å². The van der Waals surface area contributed by atoms with Crippen molar-refractivity contribution in [3.63, 3.8) is 0 Å². The number of benzene rings is 1. The summed E-state index contributed by atoms with van der Waals surface area (Å²) in [5.74, 6) is -1.89. The first-order chi connectivity index (χ1) is 10.4. The van der Waals surface area contributed by atoms with Gasteiger partial charge in [0.2, 0.25) is 0 Å². The summed E-state index contributed by atoms with van der Waals surface area (Å²) in [6, 6.07) is 4.14. The van der Waals surface area contributed by atoms with Crippen LogP contribution >= 0.6 is 0 Å². The van der Waals surface area contributed by atoms with Crippen molar-refractivity contribution in [2.75, 3.05) is 38.1 Å². The normalized spacial score (nSPS) is 15.6. The summed E-state index contributed by atoms with van der Waals surface area (Å²) in [5, 5.41) is 19.9. The largest absolute Gasteiger partial charge is 0.481 e. The van der Waals surface area contributed by atoms with Crippen LogP contribution < -0.4 is 4.90 Å². The maximum absolute atomic E-state index is 11.7. The zero-order valence-electron chi connectivity index (χ0n) is 12.2. The molecule has 2 rings (SSSR count). The Morgan fingerprint density at radius 1 is 1.27 bits per heavy atom. The molecule has 1 aromatic rings. The molecule has 8 nitrogen and oxygen atoms in total. The van der Waals surface area contributed by atoms with Crippen LogP contribution in [0.1, 0.15) is 16.8 Å². The summed E-state index contributed by atoms with van der Waals surface area (Å²) < 4.78 is 0. The molecule has 118 valence electrons. The molecule has 22 heavy (non-hydrogen) atoms. The molecule has 0 saturated carbocycles. The highest BCUT2D eigenvalue weighted by molar-refractivity contribution is 6.06. The van der Waals surface area contributed by atoms with Crippen LogP contribution in [0, 0.1) is 10.1 Å². The number of carboxylic acids is 1. The number of likely N-dealkylation sites (N-methyl/N-ethyl adjacent to an activating group) is 1. The molecule has 1 aliphatic heterocycles. The fourth-order valence-electron chi connectivity index (χ4n) is 2.40. The molecule has 0 unspecified atom stereocenters. The summed E-state index contributed by atoms with van der Waals surface area (Å²) in [4.78, 5) is 37.1. The van der Waals surface area contributed by atoms with Crippen LogP contribution in [0.5, 0.6) is 0 Å². The van der Waals surface area contributed by atoms with Gasteiger partial charge in [0.15, 0.2) is 5.78 Å². The maximum atomic E-state index is 11.7. The van der Waals surface area contributed by atoms with E-state index >= 15 is 0 Å². The molecule has 1 fully saturated rings. The quantitative estimate of drug-likeness (QED) is 0.374. The minimum Gasteiger partial charge on any atom is -0.481 e. The third kappa shape index (κ3) is 3.59. The number of anilines is 1. The Balaban J connectivity index is 2.29. The summed E-state index contributed by atoms with van der Waals surface area (Å²) in [7, 11) is 1.99. The molecule has 0 amide bonds. The Labute approximate surface area is 127 Å². The molecule has 8 heteroatoms. The number of carboxylic acid groups (broad SMARTS) is 1. The molecular formula is C14H17N3O5. The predicted molar refractivity (Wildman–Crippen MR) is 79.4 cm³/mol. The summed E-state index contributed by atoms with van der Waals surface area (Å²) in [5.41, 5.74) is 0.345. The number of Topliss-reactive ketones (excluding diaryl/α,β-unsaturated/α-hetero) is 1. The van der Waals surface area contributed by atoms with Gasteiger partial charge in [0.05, 0.1) is 4.92 Å². The monoisotopic (exact) mass is 307 g/mol. The van der Waals surface area contributed by atoms with Crippen molar-refractivity contribution in [1.82, 2.24) is 4.90 Å². The van der Waals surface area contributed by atoms with E-state index in [-0.39, 0.29) is 11.3 Å². The molecular weight excluding hydrogens is 290 g/mol. The highest BCUT2D eigenvalue weighted by Crippen LogP contribution is 2.30. The number of hydrogen-bond acceptors (Lipinski definition) is 6. The first kappa shape index (κ1) is 15.9. The van der Waals surface area contributed by atoms with Crippen molar-refractivity contribution in [3.8, 4) is 0 Å². The lowest BCUT2D eigenvalue weighted by Crippen LogP contribution is -2.44. The van der Waals surface area contributed by atoms with Gasteiger partial charge < -0.3 is 14.9 Å². The number of hydrogen-bond donors (Lipinski definition) is 1. The first-order valence-electron chi connectivity index (χ1n) is 6.85. The number of rotatable bonds is 5. The van der Waals surface area contributed by atoms with Crippen LogP contribution in [-0.2, 0) is 4.79 Å². The highest BCUT2D eigenvalue weighted by atomic mass is 16.6. The van der Waals surface area contributed by atoms with E-state index < -0.39 is 23.1 Å². The van der Waals surface area contributed by atoms with Crippen molar-refractivity contribution >= 4 is 23.1 Å². The van der Waals surface area contributed by atoms with Gasteiger partial charge in [0.25, 0.3) is 5.69 Å². The van der Waals surface area contributed by atoms with Gasteiger partial charge in [0, 0.05) is 37.8 Å². The Kier molecular flexibility index (Phi) is 4.71. The van der Waals surface area contributed by atoms with Crippen LogP contribution in [0.15, 0.2) is 18.2 Å². The van der Waals surface area contributed by atoms with E-state index in [4.69, 9.17) is 5.11 Å². The molecule has 1 aliphatic rings. The van der Waals surface area contributed by atoms with E-state index in [0.717, 1.165) is 13.1 Å². The maximum Gasteiger partial charge on any atom is 0.311 e. The lowest BCUT2D eigenvalue weighted by molar-refractivity contribution is -0.384. The van der Waals surface area contributed by atoms with Crippen LogP contribution in [0.4, 0.5) is 11.4 Å². The van der Waals surface area contributed by atoms with Gasteiger partial charge in [0.1, 0.15) is 12.1 Å².